The zero-order chi connectivity index (χ0) is 19.7. The van der Waals surface area contributed by atoms with E-state index in [1.54, 1.807) is 23.4 Å². The standard InChI is InChI=1S/C21H25N5O2/c1-24(2)18-7-6-16(13-23-18)19(27)26-12-9-21(15-26)8-11-25(20(21)28)14-17-5-3-4-10-22-17/h3-7,10,13H,8-9,11-12,14-15H2,1-2H3. The molecular formula is C21H25N5O2. The molecule has 28 heavy (non-hydrogen) atoms. The van der Waals surface area contributed by atoms with E-state index in [1.807, 2.05) is 48.2 Å². The van der Waals surface area contributed by atoms with Crippen LogP contribution >= 0.6 is 0 Å². The fraction of sp³-hybridized carbons (Fsp3) is 0.429. The van der Waals surface area contributed by atoms with Gasteiger partial charge >= 0.3 is 0 Å². The first kappa shape index (κ1) is 18.4. The Morgan fingerprint density at radius 2 is 1.96 bits per heavy atom. The van der Waals surface area contributed by atoms with Crippen molar-refractivity contribution in [3.63, 3.8) is 0 Å². The first-order valence-corrected chi connectivity index (χ1v) is 9.60. The summed E-state index contributed by atoms with van der Waals surface area (Å²) in [5.41, 5.74) is 1.02. The van der Waals surface area contributed by atoms with Gasteiger partial charge in [-0.1, -0.05) is 6.07 Å². The summed E-state index contributed by atoms with van der Waals surface area (Å²) in [6, 6.07) is 9.39. The number of likely N-dealkylation sites (tertiary alicyclic amines) is 2. The van der Waals surface area contributed by atoms with E-state index in [0.29, 0.717) is 25.2 Å². The van der Waals surface area contributed by atoms with Crippen molar-refractivity contribution in [2.24, 2.45) is 5.41 Å². The molecule has 2 aromatic heterocycles. The lowest BCUT2D eigenvalue weighted by Gasteiger charge is -2.23. The van der Waals surface area contributed by atoms with Crippen molar-refractivity contribution in [2.75, 3.05) is 38.6 Å². The first-order valence-electron chi connectivity index (χ1n) is 9.60. The van der Waals surface area contributed by atoms with Crippen LogP contribution in [0.4, 0.5) is 5.82 Å². The van der Waals surface area contributed by atoms with Gasteiger partial charge in [0.2, 0.25) is 5.91 Å². The van der Waals surface area contributed by atoms with Gasteiger partial charge in [-0.2, -0.15) is 0 Å². The smallest absolute Gasteiger partial charge is 0.255 e. The zero-order valence-corrected chi connectivity index (χ0v) is 16.3. The van der Waals surface area contributed by atoms with Gasteiger partial charge in [0.25, 0.3) is 5.91 Å². The van der Waals surface area contributed by atoms with Gasteiger partial charge in [-0.05, 0) is 37.1 Å². The molecule has 1 atom stereocenters. The molecule has 4 heterocycles. The third-order valence-electron chi connectivity index (χ3n) is 5.77. The van der Waals surface area contributed by atoms with Gasteiger partial charge in [-0.3, -0.25) is 14.6 Å². The van der Waals surface area contributed by atoms with Crippen LogP contribution in [0.3, 0.4) is 0 Å². The lowest BCUT2D eigenvalue weighted by molar-refractivity contribution is -0.135. The van der Waals surface area contributed by atoms with Gasteiger partial charge < -0.3 is 14.7 Å². The summed E-state index contributed by atoms with van der Waals surface area (Å²) in [6.07, 6.45) is 4.88. The fourth-order valence-electron chi connectivity index (χ4n) is 4.12. The molecule has 2 aromatic rings. The Bertz CT molecular complexity index is 868. The zero-order valence-electron chi connectivity index (χ0n) is 16.3. The number of nitrogens with zero attached hydrogens (tertiary/aromatic N) is 5. The maximum atomic E-state index is 13.1. The van der Waals surface area contributed by atoms with Crippen LogP contribution in [0.5, 0.6) is 0 Å². The summed E-state index contributed by atoms with van der Waals surface area (Å²) in [4.78, 5) is 40.2. The number of pyridine rings is 2. The minimum absolute atomic E-state index is 0.0503. The molecular weight excluding hydrogens is 354 g/mol. The van der Waals surface area contributed by atoms with Gasteiger partial charge in [0, 0.05) is 46.1 Å². The second-order valence-electron chi connectivity index (χ2n) is 7.85. The van der Waals surface area contributed by atoms with E-state index in [-0.39, 0.29) is 11.8 Å². The Hall–Kier alpha value is -2.96. The van der Waals surface area contributed by atoms with Crippen molar-refractivity contribution >= 4 is 17.6 Å². The molecule has 146 valence electrons. The second-order valence-corrected chi connectivity index (χ2v) is 7.85. The van der Waals surface area contributed by atoms with Gasteiger partial charge in [-0.15, -0.1) is 0 Å². The molecule has 0 N–H and O–H groups in total. The predicted octanol–water partition coefficient (Wildman–Crippen LogP) is 1.81. The van der Waals surface area contributed by atoms with Crippen molar-refractivity contribution in [1.29, 1.82) is 0 Å². The Morgan fingerprint density at radius 3 is 2.64 bits per heavy atom. The number of carbonyl (C=O) groups excluding carboxylic acids is 2. The number of carbonyl (C=O) groups is 2. The van der Waals surface area contributed by atoms with Crippen molar-refractivity contribution in [3.8, 4) is 0 Å². The molecule has 0 aromatic carbocycles. The second kappa shape index (κ2) is 7.22. The molecule has 7 nitrogen and oxygen atoms in total. The third-order valence-corrected chi connectivity index (χ3v) is 5.77. The van der Waals surface area contributed by atoms with Crippen LogP contribution in [-0.2, 0) is 11.3 Å². The van der Waals surface area contributed by atoms with E-state index in [2.05, 4.69) is 9.97 Å². The number of rotatable bonds is 4. The summed E-state index contributed by atoms with van der Waals surface area (Å²) >= 11 is 0. The van der Waals surface area contributed by atoms with Crippen LogP contribution in [-0.4, -0.2) is 65.3 Å². The largest absolute Gasteiger partial charge is 0.363 e. The predicted molar refractivity (Wildman–Crippen MR) is 106 cm³/mol. The molecule has 2 aliphatic rings. The van der Waals surface area contributed by atoms with Crippen molar-refractivity contribution < 1.29 is 9.59 Å². The lowest BCUT2D eigenvalue weighted by Crippen LogP contribution is -2.38. The fourth-order valence-corrected chi connectivity index (χ4v) is 4.12. The monoisotopic (exact) mass is 379 g/mol. The average molecular weight is 379 g/mol. The molecule has 0 saturated carbocycles. The van der Waals surface area contributed by atoms with Gasteiger partial charge in [0.15, 0.2) is 0 Å². The molecule has 2 amide bonds. The normalized spacial score (nSPS) is 21.6. The number of hydrogen-bond donors (Lipinski definition) is 0. The van der Waals surface area contributed by atoms with Crippen LogP contribution in [0.15, 0.2) is 42.7 Å². The van der Waals surface area contributed by atoms with E-state index in [4.69, 9.17) is 0 Å². The molecule has 0 aliphatic carbocycles. The molecule has 4 rings (SSSR count). The Morgan fingerprint density at radius 1 is 1.14 bits per heavy atom. The van der Waals surface area contributed by atoms with E-state index in [9.17, 15) is 9.59 Å². The average Bonchev–Trinajstić information content (AvgIpc) is 3.28. The van der Waals surface area contributed by atoms with Crippen molar-refractivity contribution in [1.82, 2.24) is 19.8 Å². The molecule has 2 aliphatic heterocycles. The number of anilines is 1. The minimum atomic E-state index is -0.443. The number of aromatic nitrogens is 2. The summed E-state index contributed by atoms with van der Waals surface area (Å²) in [5.74, 6) is 0.908. The maximum absolute atomic E-state index is 13.1. The molecule has 7 heteroatoms. The van der Waals surface area contributed by atoms with Crippen molar-refractivity contribution in [2.45, 2.75) is 19.4 Å². The van der Waals surface area contributed by atoms with Gasteiger partial charge in [0.05, 0.1) is 23.2 Å². The maximum Gasteiger partial charge on any atom is 0.255 e. The number of amides is 2. The van der Waals surface area contributed by atoms with E-state index in [1.165, 1.54) is 0 Å². The summed E-state index contributed by atoms with van der Waals surface area (Å²) in [5, 5.41) is 0. The highest BCUT2D eigenvalue weighted by Gasteiger charge is 2.51. The van der Waals surface area contributed by atoms with Gasteiger partial charge in [0.1, 0.15) is 5.82 Å². The Labute approximate surface area is 165 Å². The van der Waals surface area contributed by atoms with Crippen LogP contribution in [0.1, 0.15) is 28.9 Å². The summed E-state index contributed by atoms with van der Waals surface area (Å²) in [7, 11) is 3.83. The van der Waals surface area contributed by atoms with Gasteiger partial charge in [-0.25, -0.2) is 4.98 Å². The van der Waals surface area contributed by atoms with Crippen LogP contribution in [0.2, 0.25) is 0 Å². The van der Waals surface area contributed by atoms with Crippen LogP contribution in [0, 0.1) is 5.41 Å². The number of hydrogen-bond acceptors (Lipinski definition) is 5. The quantitative estimate of drug-likeness (QED) is 0.810. The Balaban J connectivity index is 1.43. The van der Waals surface area contributed by atoms with Crippen LogP contribution in [0.25, 0.3) is 0 Å². The molecule has 0 radical (unpaired) electrons. The van der Waals surface area contributed by atoms with E-state index in [0.717, 1.165) is 30.9 Å². The molecule has 1 unspecified atom stereocenters. The molecule has 2 fully saturated rings. The highest BCUT2D eigenvalue weighted by molar-refractivity contribution is 5.95. The van der Waals surface area contributed by atoms with E-state index >= 15 is 0 Å². The minimum Gasteiger partial charge on any atom is -0.363 e. The first-order chi connectivity index (χ1) is 13.5. The highest BCUT2D eigenvalue weighted by Crippen LogP contribution is 2.41. The summed E-state index contributed by atoms with van der Waals surface area (Å²) in [6.45, 7) is 2.35. The molecule has 1 spiro atoms. The van der Waals surface area contributed by atoms with E-state index < -0.39 is 5.41 Å². The van der Waals surface area contributed by atoms with Crippen LogP contribution < -0.4 is 4.90 Å². The lowest BCUT2D eigenvalue weighted by atomic mass is 9.85. The Kier molecular flexibility index (Phi) is 4.75. The van der Waals surface area contributed by atoms with Crippen molar-refractivity contribution in [3.05, 3.63) is 54.0 Å². The third kappa shape index (κ3) is 3.32. The topological polar surface area (TPSA) is 69.6 Å². The SMILES string of the molecule is CN(C)c1ccc(C(=O)N2CCC3(CCN(Cc4ccccn4)C3=O)C2)cn1. The highest BCUT2D eigenvalue weighted by atomic mass is 16.2. The summed E-state index contributed by atoms with van der Waals surface area (Å²) < 4.78 is 0. The molecule has 0 bridgehead atoms. The molecule has 2 saturated heterocycles.